The Morgan fingerprint density at radius 3 is 2.83 bits per heavy atom. The van der Waals surface area contributed by atoms with Gasteiger partial charge in [0.15, 0.2) is 0 Å². The fourth-order valence-corrected chi connectivity index (χ4v) is 5.49. The highest BCUT2D eigenvalue weighted by atomic mass is 32.2. The molecule has 4 rings (SSSR count). The first-order valence-electron chi connectivity index (χ1n) is 9.35. The minimum atomic E-state index is -3.92. The lowest BCUT2D eigenvalue weighted by Gasteiger charge is -2.25. The molecule has 30 heavy (non-hydrogen) atoms. The van der Waals surface area contributed by atoms with Gasteiger partial charge in [-0.3, -0.25) is 0 Å². The van der Waals surface area contributed by atoms with E-state index in [1.54, 1.807) is 31.4 Å². The highest BCUT2D eigenvalue weighted by molar-refractivity contribution is 7.93. The van der Waals surface area contributed by atoms with Gasteiger partial charge in [0.2, 0.25) is 5.13 Å². The summed E-state index contributed by atoms with van der Waals surface area (Å²) in [4.78, 5) is 4.27. The molecule has 0 saturated carbocycles. The molecule has 0 saturated heterocycles. The summed E-state index contributed by atoms with van der Waals surface area (Å²) in [6, 6.07) is 10.2. The van der Waals surface area contributed by atoms with Crippen molar-refractivity contribution in [2.75, 3.05) is 18.0 Å². The van der Waals surface area contributed by atoms with E-state index in [-0.39, 0.29) is 17.5 Å². The zero-order valence-electron chi connectivity index (χ0n) is 16.6. The number of nitrogens with two attached hydrogens (primary N) is 1. The Kier molecular flexibility index (Phi) is 5.63. The van der Waals surface area contributed by atoms with Gasteiger partial charge in [-0.2, -0.15) is 4.37 Å². The Labute approximate surface area is 179 Å². The maximum Gasteiger partial charge on any atom is 0.266 e. The number of hydrogen-bond donors (Lipinski definition) is 1. The van der Waals surface area contributed by atoms with Gasteiger partial charge in [-0.05, 0) is 36.2 Å². The number of fused-ring (bicyclic) bond motifs is 1. The number of rotatable bonds is 6. The van der Waals surface area contributed by atoms with Gasteiger partial charge in [0.25, 0.3) is 10.0 Å². The Morgan fingerprint density at radius 1 is 1.30 bits per heavy atom. The molecule has 0 radical (unpaired) electrons. The largest absolute Gasteiger partial charge is 0.497 e. The Morgan fingerprint density at radius 2 is 2.13 bits per heavy atom. The van der Waals surface area contributed by atoms with Crippen LogP contribution in [0.25, 0.3) is 0 Å². The molecule has 2 heterocycles. The van der Waals surface area contributed by atoms with Gasteiger partial charge in [-0.25, -0.2) is 17.7 Å². The summed E-state index contributed by atoms with van der Waals surface area (Å²) < 4.78 is 43.3. The minimum Gasteiger partial charge on any atom is -0.497 e. The van der Waals surface area contributed by atoms with Crippen molar-refractivity contribution in [2.24, 2.45) is 5.73 Å². The van der Waals surface area contributed by atoms with Crippen LogP contribution >= 0.6 is 11.5 Å². The summed E-state index contributed by atoms with van der Waals surface area (Å²) in [6.07, 6.45) is 2.05. The standard InChI is InChI=1S/C20H22N4O4S2/c1-13-9-15(27-2)4-3-14(13)11-24(20-22-12-23-29-20)30(25,26)16-5-6-17-18(21)7-8-28-19(17)10-16/h3-6,9-10,12,18H,7-8,11,21H2,1-2H3/t18-/m0/s1. The van der Waals surface area contributed by atoms with Crippen LogP contribution < -0.4 is 19.5 Å². The predicted octanol–water partition coefficient (Wildman–Crippen LogP) is 3.03. The normalized spacial score (nSPS) is 15.9. The SMILES string of the molecule is COc1ccc(CN(c2ncns2)S(=O)(=O)c2ccc3c(c2)OCC[C@@H]3N)c(C)c1. The molecule has 0 unspecified atom stereocenters. The van der Waals surface area contributed by atoms with E-state index in [0.29, 0.717) is 29.7 Å². The van der Waals surface area contributed by atoms with Crippen LogP contribution in [0, 0.1) is 6.92 Å². The third-order valence-electron chi connectivity index (χ3n) is 5.09. The van der Waals surface area contributed by atoms with Crippen molar-refractivity contribution in [2.45, 2.75) is 30.8 Å². The molecule has 8 nitrogen and oxygen atoms in total. The number of methoxy groups -OCH3 is 1. The maximum atomic E-state index is 13.6. The molecule has 0 aliphatic carbocycles. The maximum absolute atomic E-state index is 13.6. The fourth-order valence-electron chi connectivity index (χ4n) is 3.35. The third kappa shape index (κ3) is 3.85. The second-order valence-electron chi connectivity index (χ2n) is 6.97. The van der Waals surface area contributed by atoms with E-state index < -0.39 is 10.0 Å². The van der Waals surface area contributed by atoms with E-state index in [0.717, 1.165) is 28.2 Å². The predicted molar refractivity (Wildman–Crippen MR) is 114 cm³/mol. The average Bonchev–Trinajstić information content (AvgIpc) is 3.27. The number of sulfonamides is 1. The van der Waals surface area contributed by atoms with E-state index >= 15 is 0 Å². The number of aryl methyl sites for hydroxylation is 1. The first kappa shape index (κ1) is 20.6. The second-order valence-corrected chi connectivity index (χ2v) is 9.59. The van der Waals surface area contributed by atoms with Crippen LogP contribution in [0.15, 0.2) is 47.6 Å². The lowest BCUT2D eigenvalue weighted by molar-refractivity contribution is 0.268. The molecule has 158 valence electrons. The summed E-state index contributed by atoms with van der Waals surface area (Å²) in [5, 5.41) is 0.292. The number of aromatic nitrogens is 2. The smallest absolute Gasteiger partial charge is 0.266 e. The highest BCUT2D eigenvalue weighted by Crippen LogP contribution is 2.35. The Balaban J connectivity index is 1.74. The number of benzene rings is 2. The van der Waals surface area contributed by atoms with Crippen LogP contribution in [0.3, 0.4) is 0 Å². The van der Waals surface area contributed by atoms with Crippen LogP contribution in [0.1, 0.15) is 29.2 Å². The van der Waals surface area contributed by atoms with E-state index in [1.807, 2.05) is 19.1 Å². The quantitative estimate of drug-likeness (QED) is 0.620. The van der Waals surface area contributed by atoms with Gasteiger partial charge >= 0.3 is 0 Å². The van der Waals surface area contributed by atoms with Gasteiger partial charge in [0.1, 0.15) is 17.8 Å². The Hall–Kier alpha value is -2.69. The molecule has 0 fully saturated rings. The lowest BCUT2D eigenvalue weighted by Crippen LogP contribution is -2.31. The molecule has 1 atom stereocenters. The molecule has 0 spiro atoms. The molecular formula is C20H22N4O4S2. The van der Waals surface area contributed by atoms with Gasteiger partial charge in [0, 0.05) is 35.6 Å². The van der Waals surface area contributed by atoms with Crippen LogP contribution in [0.5, 0.6) is 11.5 Å². The van der Waals surface area contributed by atoms with E-state index in [1.165, 1.54) is 10.6 Å². The van der Waals surface area contributed by atoms with Crippen molar-refractivity contribution in [1.29, 1.82) is 0 Å². The number of anilines is 1. The van der Waals surface area contributed by atoms with Crippen LogP contribution in [0.4, 0.5) is 5.13 Å². The summed E-state index contributed by atoms with van der Waals surface area (Å²) >= 11 is 1.02. The second kappa shape index (κ2) is 8.21. The van der Waals surface area contributed by atoms with Crippen molar-refractivity contribution in [1.82, 2.24) is 9.36 Å². The molecule has 1 aliphatic heterocycles. The molecule has 2 N–H and O–H groups in total. The van der Waals surface area contributed by atoms with E-state index in [4.69, 9.17) is 15.2 Å². The number of nitrogens with zero attached hydrogens (tertiary/aromatic N) is 3. The van der Waals surface area contributed by atoms with Crippen molar-refractivity contribution in [3.63, 3.8) is 0 Å². The first-order chi connectivity index (χ1) is 14.4. The molecular weight excluding hydrogens is 424 g/mol. The van der Waals surface area contributed by atoms with Gasteiger partial charge < -0.3 is 15.2 Å². The summed E-state index contributed by atoms with van der Waals surface area (Å²) in [5.74, 6) is 1.22. The van der Waals surface area contributed by atoms with Crippen molar-refractivity contribution in [3.05, 3.63) is 59.4 Å². The minimum absolute atomic E-state index is 0.116. The summed E-state index contributed by atoms with van der Waals surface area (Å²) in [6.45, 7) is 2.49. The lowest BCUT2D eigenvalue weighted by atomic mass is 10.0. The topological polar surface area (TPSA) is 108 Å². The molecule has 0 amide bonds. The third-order valence-corrected chi connectivity index (χ3v) is 7.62. The molecule has 3 aromatic rings. The van der Waals surface area contributed by atoms with E-state index in [9.17, 15) is 8.42 Å². The average molecular weight is 447 g/mol. The molecule has 2 aromatic carbocycles. The van der Waals surface area contributed by atoms with Crippen LogP contribution in [0.2, 0.25) is 0 Å². The van der Waals surface area contributed by atoms with Crippen molar-refractivity contribution < 1.29 is 17.9 Å². The molecule has 10 heteroatoms. The fraction of sp³-hybridized carbons (Fsp3) is 0.300. The van der Waals surface area contributed by atoms with Crippen LogP contribution in [-0.2, 0) is 16.6 Å². The number of ether oxygens (including phenoxy) is 2. The van der Waals surface area contributed by atoms with Crippen molar-refractivity contribution >= 4 is 26.7 Å². The van der Waals surface area contributed by atoms with Crippen molar-refractivity contribution in [3.8, 4) is 11.5 Å². The molecule has 1 aliphatic rings. The van der Waals surface area contributed by atoms with E-state index in [2.05, 4.69) is 9.36 Å². The zero-order chi connectivity index (χ0) is 21.3. The molecule has 0 bridgehead atoms. The van der Waals surface area contributed by atoms with Gasteiger partial charge in [-0.1, -0.05) is 12.1 Å². The number of hydrogen-bond acceptors (Lipinski definition) is 8. The summed E-state index contributed by atoms with van der Waals surface area (Å²) in [5.41, 5.74) is 8.69. The van der Waals surface area contributed by atoms with Gasteiger partial charge in [-0.15, -0.1) is 0 Å². The van der Waals surface area contributed by atoms with Crippen LogP contribution in [-0.4, -0.2) is 31.5 Å². The van der Waals surface area contributed by atoms with Gasteiger partial charge in [0.05, 0.1) is 25.2 Å². The Bertz CT molecular complexity index is 1150. The summed E-state index contributed by atoms with van der Waals surface area (Å²) in [7, 11) is -2.32. The zero-order valence-corrected chi connectivity index (χ0v) is 18.2. The highest BCUT2D eigenvalue weighted by Gasteiger charge is 2.30. The first-order valence-corrected chi connectivity index (χ1v) is 11.6. The molecule has 1 aromatic heterocycles. The monoisotopic (exact) mass is 446 g/mol.